The highest BCUT2D eigenvalue weighted by Gasteiger charge is 2.16. The molecular weight excluding hydrogens is 170 g/mol. The summed E-state index contributed by atoms with van der Waals surface area (Å²) < 4.78 is 0. The molecule has 1 nitrogen and oxygen atoms in total. The van der Waals surface area contributed by atoms with Gasteiger partial charge < -0.3 is 5.32 Å². The van der Waals surface area contributed by atoms with E-state index in [-0.39, 0.29) is 0 Å². The number of hydrogen-bond donors (Lipinski definition) is 1. The minimum absolute atomic E-state index is 0.877. The summed E-state index contributed by atoms with van der Waals surface area (Å²) in [5.41, 5.74) is 4.45. The Kier molecular flexibility index (Phi) is 2.87. The second kappa shape index (κ2) is 4.14. The van der Waals surface area contributed by atoms with E-state index in [1.54, 1.807) is 0 Å². The number of hydrogen-bond acceptors (Lipinski definition) is 1. The van der Waals surface area contributed by atoms with E-state index in [1.165, 1.54) is 36.2 Å². The van der Waals surface area contributed by atoms with Crippen LogP contribution in [0.5, 0.6) is 0 Å². The fourth-order valence-electron chi connectivity index (χ4n) is 2.11. The zero-order valence-electron chi connectivity index (χ0n) is 9.14. The van der Waals surface area contributed by atoms with E-state index in [2.05, 4.69) is 37.4 Å². The highest BCUT2D eigenvalue weighted by atomic mass is 14.9. The van der Waals surface area contributed by atoms with Crippen LogP contribution >= 0.6 is 0 Å². The van der Waals surface area contributed by atoms with Crippen molar-refractivity contribution >= 4 is 0 Å². The van der Waals surface area contributed by atoms with E-state index in [1.807, 2.05) is 0 Å². The van der Waals surface area contributed by atoms with Crippen LogP contribution in [0.25, 0.3) is 0 Å². The van der Waals surface area contributed by atoms with Gasteiger partial charge in [0, 0.05) is 0 Å². The molecule has 0 radical (unpaired) electrons. The van der Waals surface area contributed by atoms with Crippen molar-refractivity contribution in [2.45, 2.75) is 26.7 Å². The number of rotatable bonds is 3. The molecule has 1 aliphatic heterocycles. The van der Waals surface area contributed by atoms with E-state index < -0.39 is 0 Å². The first-order valence-electron chi connectivity index (χ1n) is 5.58. The molecule has 1 saturated heterocycles. The van der Waals surface area contributed by atoms with Gasteiger partial charge >= 0.3 is 0 Å². The monoisotopic (exact) mass is 189 g/mol. The molecule has 0 amide bonds. The lowest BCUT2D eigenvalue weighted by atomic mass is 9.92. The standard InChI is InChI=1S/C13H19N/c1-3-13-5-4-11(6-10(13)2)7-12-8-14-9-12/h4-6,12,14H,3,7-9H2,1-2H3. The van der Waals surface area contributed by atoms with Crippen molar-refractivity contribution in [2.24, 2.45) is 5.92 Å². The minimum Gasteiger partial charge on any atom is -0.316 e. The minimum atomic E-state index is 0.877. The number of aryl methyl sites for hydroxylation is 2. The Morgan fingerprint density at radius 3 is 2.64 bits per heavy atom. The maximum atomic E-state index is 3.32. The molecule has 1 N–H and O–H groups in total. The van der Waals surface area contributed by atoms with Crippen molar-refractivity contribution in [3.05, 3.63) is 34.9 Å². The van der Waals surface area contributed by atoms with E-state index in [0.29, 0.717) is 0 Å². The molecule has 0 aromatic heterocycles. The predicted molar refractivity (Wildman–Crippen MR) is 60.6 cm³/mol. The molecule has 0 atom stereocenters. The van der Waals surface area contributed by atoms with Gasteiger partial charge in [0.25, 0.3) is 0 Å². The molecular formula is C13H19N. The van der Waals surface area contributed by atoms with Gasteiger partial charge in [-0.3, -0.25) is 0 Å². The molecule has 0 bridgehead atoms. The summed E-state index contributed by atoms with van der Waals surface area (Å²) >= 11 is 0. The third kappa shape index (κ3) is 1.98. The van der Waals surface area contributed by atoms with Gasteiger partial charge in [0.2, 0.25) is 0 Å². The van der Waals surface area contributed by atoms with Crippen molar-refractivity contribution in [3.8, 4) is 0 Å². The Balaban J connectivity index is 2.07. The quantitative estimate of drug-likeness (QED) is 0.769. The summed E-state index contributed by atoms with van der Waals surface area (Å²) in [4.78, 5) is 0. The van der Waals surface area contributed by atoms with Crippen LogP contribution in [0.2, 0.25) is 0 Å². The molecule has 1 fully saturated rings. The van der Waals surface area contributed by atoms with Crippen molar-refractivity contribution in [1.29, 1.82) is 0 Å². The van der Waals surface area contributed by atoms with E-state index in [4.69, 9.17) is 0 Å². The molecule has 1 heterocycles. The molecule has 1 heteroatoms. The lowest BCUT2D eigenvalue weighted by molar-refractivity contribution is 0.346. The van der Waals surface area contributed by atoms with Gasteiger partial charge in [-0.25, -0.2) is 0 Å². The zero-order chi connectivity index (χ0) is 9.97. The lowest BCUT2D eigenvalue weighted by Crippen LogP contribution is -2.43. The molecule has 1 aromatic carbocycles. The first kappa shape index (κ1) is 9.72. The fraction of sp³-hybridized carbons (Fsp3) is 0.538. The molecule has 0 saturated carbocycles. The fourth-order valence-corrected chi connectivity index (χ4v) is 2.11. The van der Waals surface area contributed by atoms with Crippen LogP contribution < -0.4 is 5.32 Å². The SMILES string of the molecule is CCc1ccc(CC2CNC2)cc1C. The summed E-state index contributed by atoms with van der Waals surface area (Å²) in [7, 11) is 0. The molecule has 14 heavy (non-hydrogen) atoms. The first-order valence-corrected chi connectivity index (χ1v) is 5.58. The van der Waals surface area contributed by atoms with E-state index in [0.717, 1.165) is 12.3 Å². The Labute approximate surface area is 86.5 Å². The molecule has 0 spiro atoms. The van der Waals surface area contributed by atoms with E-state index in [9.17, 15) is 0 Å². The maximum Gasteiger partial charge on any atom is -0.000506 e. The summed E-state index contributed by atoms with van der Waals surface area (Å²) in [5.74, 6) is 0.877. The van der Waals surface area contributed by atoms with E-state index >= 15 is 0 Å². The van der Waals surface area contributed by atoms with Crippen LogP contribution in [0.3, 0.4) is 0 Å². The van der Waals surface area contributed by atoms with Gasteiger partial charge in [-0.1, -0.05) is 25.1 Å². The molecule has 1 aliphatic rings. The van der Waals surface area contributed by atoms with Crippen LogP contribution in [0, 0.1) is 12.8 Å². The predicted octanol–water partition coefficient (Wildman–Crippen LogP) is 2.32. The van der Waals surface area contributed by atoms with Crippen LogP contribution in [0.15, 0.2) is 18.2 Å². The Morgan fingerprint density at radius 1 is 1.36 bits per heavy atom. The summed E-state index contributed by atoms with van der Waals surface area (Å²) in [6.45, 7) is 6.85. The Morgan fingerprint density at radius 2 is 2.14 bits per heavy atom. The number of benzene rings is 1. The maximum absolute atomic E-state index is 3.32. The van der Waals surface area contributed by atoms with Crippen molar-refractivity contribution < 1.29 is 0 Å². The molecule has 2 rings (SSSR count). The zero-order valence-corrected chi connectivity index (χ0v) is 9.14. The molecule has 0 aliphatic carbocycles. The third-order valence-corrected chi connectivity index (χ3v) is 3.18. The van der Waals surface area contributed by atoms with Gasteiger partial charge in [-0.2, -0.15) is 0 Å². The molecule has 76 valence electrons. The Hall–Kier alpha value is -0.820. The van der Waals surface area contributed by atoms with Crippen LogP contribution in [-0.2, 0) is 12.8 Å². The van der Waals surface area contributed by atoms with Crippen molar-refractivity contribution in [2.75, 3.05) is 13.1 Å². The average molecular weight is 189 g/mol. The topological polar surface area (TPSA) is 12.0 Å². The van der Waals surface area contributed by atoms with Gasteiger partial charge in [0.15, 0.2) is 0 Å². The van der Waals surface area contributed by atoms with Gasteiger partial charge in [-0.05, 0) is 55.5 Å². The van der Waals surface area contributed by atoms with Gasteiger partial charge in [0.05, 0.1) is 0 Å². The highest BCUT2D eigenvalue weighted by molar-refractivity contribution is 5.31. The van der Waals surface area contributed by atoms with Crippen molar-refractivity contribution in [3.63, 3.8) is 0 Å². The Bertz CT molecular complexity index is 313. The van der Waals surface area contributed by atoms with Crippen molar-refractivity contribution in [1.82, 2.24) is 5.32 Å². The van der Waals surface area contributed by atoms with Gasteiger partial charge in [0.1, 0.15) is 0 Å². The summed E-state index contributed by atoms with van der Waals surface area (Å²) in [5, 5.41) is 3.32. The van der Waals surface area contributed by atoms with Crippen LogP contribution in [0.1, 0.15) is 23.6 Å². The summed E-state index contributed by atoms with van der Waals surface area (Å²) in [6.07, 6.45) is 2.40. The lowest BCUT2D eigenvalue weighted by Gasteiger charge is -2.27. The first-order chi connectivity index (χ1) is 6.79. The molecule has 1 aromatic rings. The summed E-state index contributed by atoms with van der Waals surface area (Å²) in [6, 6.07) is 6.94. The largest absolute Gasteiger partial charge is 0.316 e. The second-order valence-electron chi connectivity index (χ2n) is 4.34. The van der Waals surface area contributed by atoms with Gasteiger partial charge in [-0.15, -0.1) is 0 Å². The third-order valence-electron chi connectivity index (χ3n) is 3.18. The van der Waals surface area contributed by atoms with Crippen LogP contribution in [0.4, 0.5) is 0 Å². The number of nitrogens with one attached hydrogen (secondary N) is 1. The molecule has 0 unspecified atom stereocenters. The average Bonchev–Trinajstić information content (AvgIpc) is 2.12. The normalized spacial score (nSPS) is 16.7. The smallest absolute Gasteiger partial charge is 0.000506 e. The second-order valence-corrected chi connectivity index (χ2v) is 4.34. The highest BCUT2D eigenvalue weighted by Crippen LogP contribution is 2.16. The van der Waals surface area contributed by atoms with Crippen LogP contribution in [-0.4, -0.2) is 13.1 Å².